The minimum atomic E-state index is -0.481. The highest BCUT2D eigenvalue weighted by molar-refractivity contribution is 7.10. The van der Waals surface area contributed by atoms with Gasteiger partial charge in [0.2, 0.25) is 0 Å². The number of hydrogen-bond donors (Lipinski definition) is 1. The van der Waals surface area contributed by atoms with Crippen molar-refractivity contribution in [2.45, 2.75) is 46.3 Å². The molecule has 22 heavy (non-hydrogen) atoms. The number of nitrogens with one attached hydrogen (secondary N) is 1. The molecule has 0 radical (unpaired) electrons. The van der Waals surface area contributed by atoms with Crippen molar-refractivity contribution in [3.63, 3.8) is 0 Å². The van der Waals surface area contributed by atoms with Crippen LogP contribution in [0.25, 0.3) is 11.1 Å². The third-order valence-electron chi connectivity index (χ3n) is 3.24. The van der Waals surface area contributed by atoms with Crippen LogP contribution in [-0.2, 0) is 4.74 Å². The molecule has 1 amide bonds. The number of ether oxygens (including phenoxy) is 1. The summed E-state index contributed by atoms with van der Waals surface area (Å²) in [5.74, 6) is 0. The largest absolute Gasteiger partial charge is 0.444 e. The molecule has 0 aliphatic heterocycles. The number of carbonyl (C=O) groups is 1. The van der Waals surface area contributed by atoms with Gasteiger partial charge in [-0.2, -0.15) is 0 Å². The summed E-state index contributed by atoms with van der Waals surface area (Å²) < 4.78 is 5.29. The molecule has 0 bridgehead atoms. The van der Waals surface area contributed by atoms with Gasteiger partial charge in [0.25, 0.3) is 0 Å². The number of aryl methyl sites for hydroxylation is 1. The zero-order valence-electron chi connectivity index (χ0n) is 13.8. The Kier molecular flexibility index (Phi) is 4.91. The third-order valence-corrected chi connectivity index (χ3v) is 4.35. The SMILES string of the molecule is Cc1ccccc1-c1csc([C@@H](C)NC(=O)OC(C)(C)C)c1. The zero-order chi connectivity index (χ0) is 16.3. The van der Waals surface area contributed by atoms with Crippen molar-refractivity contribution >= 4 is 17.4 Å². The highest BCUT2D eigenvalue weighted by Gasteiger charge is 2.19. The van der Waals surface area contributed by atoms with Crippen LogP contribution >= 0.6 is 11.3 Å². The first-order valence-electron chi connectivity index (χ1n) is 7.40. The molecule has 0 saturated carbocycles. The highest BCUT2D eigenvalue weighted by atomic mass is 32.1. The Balaban J connectivity index is 2.08. The maximum absolute atomic E-state index is 11.8. The number of benzene rings is 1. The van der Waals surface area contributed by atoms with Crippen molar-refractivity contribution < 1.29 is 9.53 Å². The Morgan fingerprint density at radius 1 is 1.27 bits per heavy atom. The monoisotopic (exact) mass is 317 g/mol. The van der Waals surface area contributed by atoms with Gasteiger partial charge in [0, 0.05) is 4.88 Å². The van der Waals surface area contributed by atoms with Crippen LogP contribution in [0.5, 0.6) is 0 Å². The second-order valence-electron chi connectivity index (χ2n) is 6.42. The standard InChI is InChI=1S/C18H23NO2S/c1-12-8-6-7-9-15(12)14-10-16(22-11-14)13(2)19-17(20)21-18(3,4)5/h6-11,13H,1-5H3,(H,19,20)/t13-/m1/s1. The fourth-order valence-corrected chi connectivity index (χ4v) is 3.09. The van der Waals surface area contributed by atoms with Crippen molar-refractivity contribution in [2.24, 2.45) is 0 Å². The number of hydrogen-bond acceptors (Lipinski definition) is 3. The molecule has 0 fully saturated rings. The molecule has 1 aromatic heterocycles. The lowest BCUT2D eigenvalue weighted by molar-refractivity contribution is 0.0509. The van der Waals surface area contributed by atoms with E-state index in [1.54, 1.807) is 11.3 Å². The Morgan fingerprint density at radius 3 is 2.59 bits per heavy atom. The van der Waals surface area contributed by atoms with Crippen LogP contribution in [0.4, 0.5) is 4.79 Å². The maximum Gasteiger partial charge on any atom is 0.408 e. The fraction of sp³-hybridized carbons (Fsp3) is 0.389. The van der Waals surface area contributed by atoms with E-state index < -0.39 is 5.60 Å². The Morgan fingerprint density at radius 2 is 1.95 bits per heavy atom. The lowest BCUT2D eigenvalue weighted by Gasteiger charge is -2.21. The first kappa shape index (κ1) is 16.6. The summed E-state index contributed by atoms with van der Waals surface area (Å²) in [7, 11) is 0. The van der Waals surface area contributed by atoms with Crippen LogP contribution in [0.1, 0.15) is 44.2 Å². The first-order chi connectivity index (χ1) is 10.3. The van der Waals surface area contributed by atoms with Gasteiger partial charge >= 0.3 is 6.09 Å². The molecular weight excluding hydrogens is 294 g/mol. The van der Waals surface area contributed by atoms with E-state index in [9.17, 15) is 4.79 Å². The molecule has 3 nitrogen and oxygen atoms in total. The molecule has 1 heterocycles. The quantitative estimate of drug-likeness (QED) is 0.833. The Labute approximate surface area is 136 Å². The number of carbonyl (C=O) groups excluding carboxylic acids is 1. The third kappa shape index (κ3) is 4.34. The van der Waals surface area contributed by atoms with Gasteiger partial charge in [0.1, 0.15) is 5.60 Å². The summed E-state index contributed by atoms with van der Waals surface area (Å²) in [4.78, 5) is 13.0. The highest BCUT2D eigenvalue weighted by Crippen LogP contribution is 2.31. The minimum Gasteiger partial charge on any atom is -0.444 e. The summed E-state index contributed by atoms with van der Waals surface area (Å²) in [5.41, 5.74) is 3.19. The van der Waals surface area contributed by atoms with Crippen molar-refractivity contribution in [3.8, 4) is 11.1 Å². The molecule has 4 heteroatoms. The van der Waals surface area contributed by atoms with E-state index >= 15 is 0 Å². The van der Waals surface area contributed by atoms with Crippen molar-refractivity contribution in [1.82, 2.24) is 5.32 Å². The topological polar surface area (TPSA) is 38.3 Å². The smallest absolute Gasteiger partial charge is 0.408 e. The van der Waals surface area contributed by atoms with Crippen LogP contribution < -0.4 is 5.32 Å². The molecule has 1 N–H and O–H groups in total. The first-order valence-corrected chi connectivity index (χ1v) is 8.28. The average molecular weight is 317 g/mol. The summed E-state index contributed by atoms with van der Waals surface area (Å²) in [6.07, 6.45) is -0.383. The van der Waals surface area contributed by atoms with Crippen molar-refractivity contribution in [3.05, 3.63) is 46.2 Å². The molecule has 1 aromatic carbocycles. The van der Waals surface area contributed by atoms with Gasteiger partial charge in [-0.15, -0.1) is 11.3 Å². The number of alkyl carbamates (subject to hydrolysis) is 1. The zero-order valence-corrected chi connectivity index (χ0v) is 14.6. The van der Waals surface area contributed by atoms with E-state index in [4.69, 9.17) is 4.74 Å². The molecule has 2 rings (SSSR count). The molecule has 118 valence electrons. The average Bonchev–Trinajstić information content (AvgIpc) is 2.86. The van der Waals surface area contributed by atoms with E-state index in [0.717, 1.165) is 4.88 Å². The van der Waals surface area contributed by atoms with Crippen LogP contribution in [0.15, 0.2) is 35.7 Å². The van der Waals surface area contributed by atoms with Gasteiger partial charge in [-0.1, -0.05) is 24.3 Å². The molecule has 1 atom stereocenters. The Hall–Kier alpha value is -1.81. The predicted molar refractivity (Wildman–Crippen MR) is 92.3 cm³/mol. The molecule has 0 aliphatic rings. The second-order valence-corrected chi connectivity index (χ2v) is 7.36. The van der Waals surface area contributed by atoms with Crippen LogP contribution in [0, 0.1) is 6.92 Å². The van der Waals surface area contributed by atoms with Gasteiger partial charge in [0.15, 0.2) is 0 Å². The van der Waals surface area contributed by atoms with E-state index in [-0.39, 0.29) is 12.1 Å². The fourth-order valence-electron chi connectivity index (χ4n) is 2.17. The summed E-state index contributed by atoms with van der Waals surface area (Å²) >= 11 is 1.65. The van der Waals surface area contributed by atoms with Crippen molar-refractivity contribution in [1.29, 1.82) is 0 Å². The van der Waals surface area contributed by atoms with Crippen LogP contribution in [0.2, 0.25) is 0 Å². The van der Waals surface area contributed by atoms with E-state index in [0.29, 0.717) is 0 Å². The van der Waals surface area contributed by atoms with Crippen molar-refractivity contribution in [2.75, 3.05) is 0 Å². The maximum atomic E-state index is 11.8. The van der Waals surface area contributed by atoms with E-state index in [2.05, 4.69) is 35.8 Å². The molecule has 0 unspecified atom stereocenters. The molecule has 0 spiro atoms. The number of amides is 1. The van der Waals surface area contributed by atoms with Gasteiger partial charge in [-0.05, 0) is 62.8 Å². The van der Waals surface area contributed by atoms with Gasteiger partial charge < -0.3 is 10.1 Å². The van der Waals surface area contributed by atoms with E-state index in [1.807, 2.05) is 39.8 Å². The second kappa shape index (κ2) is 6.53. The van der Waals surface area contributed by atoms with Crippen LogP contribution in [0.3, 0.4) is 0 Å². The normalized spacial score (nSPS) is 12.8. The predicted octanol–water partition coefficient (Wildman–Crippen LogP) is 5.31. The van der Waals surface area contributed by atoms with Gasteiger partial charge in [-0.3, -0.25) is 0 Å². The molecule has 0 aliphatic carbocycles. The van der Waals surface area contributed by atoms with Gasteiger partial charge in [0.05, 0.1) is 6.04 Å². The lowest BCUT2D eigenvalue weighted by Crippen LogP contribution is -2.33. The minimum absolute atomic E-state index is 0.0716. The Bertz CT molecular complexity index is 655. The summed E-state index contributed by atoms with van der Waals surface area (Å²) in [6, 6.07) is 10.4. The number of rotatable bonds is 3. The lowest BCUT2D eigenvalue weighted by atomic mass is 10.0. The molecule has 2 aromatic rings. The number of thiophene rings is 1. The molecule has 0 saturated heterocycles. The van der Waals surface area contributed by atoms with E-state index in [1.165, 1.54) is 16.7 Å². The van der Waals surface area contributed by atoms with Gasteiger partial charge in [-0.25, -0.2) is 4.79 Å². The van der Waals surface area contributed by atoms with Crippen LogP contribution in [-0.4, -0.2) is 11.7 Å². The summed E-state index contributed by atoms with van der Waals surface area (Å²) in [6.45, 7) is 9.66. The summed E-state index contributed by atoms with van der Waals surface area (Å²) in [5, 5.41) is 5.01. The molecular formula is C18H23NO2S.